The summed E-state index contributed by atoms with van der Waals surface area (Å²) in [5.74, 6) is 1.52. The van der Waals surface area contributed by atoms with Gasteiger partial charge >= 0.3 is 0 Å². The number of hydrogen-bond acceptors (Lipinski definition) is 5. The van der Waals surface area contributed by atoms with Crippen LogP contribution in [0.3, 0.4) is 0 Å². The molecular formula is C18H37N5O2. The number of methoxy groups -OCH3 is 1. The number of aliphatic imine (C=N–C) groups is 1. The number of rotatable bonds is 8. The lowest BCUT2D eigenvalue weighted by Crippen LogP contribution is -2.50. The first-order valence-corrected chi connectivity index (χ1v) is 9.70. The minimum absolute atomic E-state index is 0.513. The van der Waals surface area contributed by atoms with Crippen LogP contribution in [0.2, 0.25) is 0 Å². The van der Waals surface area contributed by atoms with E-state index in [1.54, 1.807) is 7.11 Å². The van der Waals surface area contributed by atoms with Crippen molar-refractivity contribution in [3.8, 4) is 0 Å². The molecule has 0 aromatic carbocycles. The van der Waals surface area contributed by atoms with Crippen LogP contribution >= 0.6 is 0 Å². The fourth-order valence-electron chi connectivity index (χ4n) is 3.47. The van der Waals surface area contributed by atoms with Crippen LogP contribution in [0, 0.1) is 5.92 Å². The molecule has 0 aromatic heterocycles. The maximum Gasteiger partial charge on any atom is 0.191 e. The molecule has 2 fully saturated rings. The molecule has 7 nitrogen and oxygen atoms in total. The Morgan fingerprint density at radius 3 is 2.56 bits per heavy atom. The summed E-state index contributed by atoms with van der Waals surface area (Å²) in [6.07, 6.45) is 2.32. The maximum atomic E-state index is 5.41. The van der Waals surface area contributed by atoms with E-state index in [4.69, 9.17) is 9.47 Å². The second-order valence-corrected chi connectivity index (χ2v) is 7.22. The van der Waals surface area contributed by atoms with Gasteiger partial charge < -0.3 is 25.0 Å². The lowest BCUT2D eigenvalue weighted by Gasteiger charge is -2.33. The number of hydrogen-bond donors (Lipinski definition) is 2. The number of morpholine rings is 1. The zero-order valence-corrected chi connectivity index (χ0v) is 16.3. The highest BCUT2D eigenvalue weighted by atomic mass is 16.5. The van der Waals surface area contributed by atoms with E-state index in [1.165, 1.54) is 0 Å². The first-order valence-electron chi connectivity index (χ1n) is 9.70. The van der Waals surface area contributed by atoms with Crippen molar-refractivity contribution in [1.82, 2.24) is 20.4 Å². The van der Waals surface area contributed by atoms with Gasteiger partial charge in [0.15, 0.2) is 5.96 Å². The number of likely N-dealkylation sites (tertiary alicyclic amines) is 1. The van der Waals surface area contributed by atoms with Crippen molar-refractivity contribution in [3.05, 3.63) is 0 Å². The van der Waals surface area contributed by atoms with Crippen LogP contribution in [0.4, 0.5) is 0 Å². The van der Waals surface area contributed by atoms with Crippen molar-refractivity contribution in [3.63, 3.8) is 0 Å². The van der Waals surface area contributed by atoms with Gasteiger partial charge in [0, 0.05) is 66.0 Å². The predicted molar refractivity (Wildman–Crippen MR) is 102 cm³/mol. The summed E-state index contributed by atoms with van der Waals surface area (Å²) in [6.45, 7) is 12.3. The Kier molecular flexibility index (Phi) is 9.54. The summed E-state index contributed by atoms with van der Waals surface area (Å²) in [6, 6.07) is 0.513. The first-order chi connectivity index (χ1) is 12.2. The second kappa shape index (κ2) is 11.7. The molecular weight excluding hydrogens is 318 g/mol. The number of guanidine groups is 1. The molecule has 2 N–H and O–H groups in total. The summed E-state index contributed by atoms with van der Waals surface area (Å²) in [5.41, 5.74) is 0. The smallest absolute Gasteiger partial charge is 0.191 e. The average molecular weight is 356 g/mol. The molecule has 146 valence electrons. The monoisotopic (exact) mass is 355 g/mol. The summed E-state index contributed by atoms with van der Waals surface area (Å²) < 4.78 is 10.6. The van der Waals surface area contributed by atoms with Crippen molar-refractivity contribution in [2.45, 2.75) is 25.8 Å². The van der Waals surface area contributed by atoms with Crippen molar-refractivity contribution < 1.29 is 9.47 Å². The molecule has 2 aliphatic rings. The van der Waals surface area contributed by atoms with Gasteiger partial charge in [0.05, 0.1) is 19.8 Å². The van der Waals surface area contributed by atoms with Gasteiger partial charge in [-0.1, -0.05) is 6.92 Å². The predicted octanol–water partition coefficient (Wildman–Crippen LogP) is 0.231. The first kappa shape index (κ1) is 20.4. The fraction of sp³-hybridized carbons (Fsp3) is 0.944. The van der Waals surface area contributed by atoms with Gasteiger partial charge in [0.1, 0.15) is 0 Å². The Hall–Kier alpha value is -0.890. The molecule has 0 saturated carbocycles. The highest BCUT2D eigenvalue weighted by Gasteiger charge is 2.20. The maximum absolute atomic E-state index is 5.41. The van der Waals surface area contributed by atoms with Crippen LogP contribution in [0.25, 0.3) is 0 Å². The van der Waals surface area contributed by atoms with E-state index in [9.17, 15) is 0 Å². The van der Waals surface area contributed by atoms with E-state index in [1.807, 2.05) is 7.05 Å². The zero-order chi connectivity index (χ0) is 17.9. The van der Waals surface area contributed by atoms with E-state index in [-0.39, 0.29) is 0 Å². The quantitative estimate of drug-likeness (QED) is 0.480. The highest BCUT2D eigenvalue weighted by molar-refractivity contribution is 5.79. The number of piperidine rings is 1. The van der Waals surface area contributed by atoms with Gasteiger partial charge in [0.25, 0.3) is 0 Å². The molecule has 0 amide bonds. The highest BCUT2D eigenvalue weighted by Crippen LogP contribution is 2.10. The summed E-state index contributed by atoms with van der Waals surface area (Å²) in [7, 11) is 3.62. The standard InChI is InChI=1S/C18H37N5O2/c1-16(15-23-9-12-25-13-10-23)14-20-18(19-2)21-17-4-6-22(7-5-17)8-11-24-3/h16-17H,4-15H2,1-3H3,(H2,19,20,21). The summed E-state index contributed by atoms with van der Waals surface area (Å²) in [4.78, 5) is 9.36. The van der Waals surface area contributed by atoms with Gasteiger partial charge in [-0.05, 0) is 18.8 Å². The van der Waals surface area contributed by atoms with Crippen LogP contribution in [0.5, 0.6) is 0 Å². The van der Waals surface area contributed by atoms with Crippen LogP contribution in [-0.2, 0) is 9.47 Å². The van der Waals surface area contributed by atoms with Crippen LogP contribution in [0.1, 0.15) is 19.8 Å². The topological polar surface area (TPSA) is 61.4 Å². The SMILES string of the molecule is CN=C(NCC(C)CN1CCOCC1)NC1CCN(CCOC)CC1. The van der Waals surface area contributed by atoms with Gasteiger partial charge in [-0.25, -0.2) is 0 Å². The Bertz CT molecular complexity index is 380. The van der Waals surface area contributed by atoms with Gasteiger partial charge in [-0.15, -0.1) is 0 Å². The molecule has 0 radical (unpaired) electrons. The van der Waals surface area contributed by atoms with Crippen molar-refractivity contribution in [2.75, 3.05) is 79.8 Å². The van der Waals surface area contributed by atoms with Gasteiger partial charge in [-0.2, -0.15) is 0 Å². The van der Waals surface area contributed by atoms with Crippen molar-refractivity contribution in [1.29, 1.82) is 0 Å². The molecule has 1 atom stereocenters. The molecule has 7 heteroatoms. The molecule has 2 heterocycles. The molecule has 0 spiro atoms. The lowest BCUT2D eigenvalue weighted by molar-refractivity contribution is 0.0320. The molecule has 25 heavy (non-hydrogen) atoms. The van der Waals surface area contributed by atoms with E-state index in [0.29, 0.717) is 12.0 Å². The molecule has 2 rings (SSSR count). The molecule has 0 bridgehead atoms. The minimum atomic E-state index is 0.513. The van der Waals surface area contributed by atoms with Gasteiger partial charge in [0.2, 0.25) is 0 Å². The van der Waals surface area contributed by atoms with E-state index < -0.39 is 0 Å². The number of nitrogens with one attached hydrogen (secondary N) is 2. The zero-order valence-electron chi connectivity index (χ0n) is 16.3. The Balaban J connectivity index is 1.62. The minimum Gasteiger partial charge on any atom is -0.383 e. The fourth-order valence-corrected chi connectivity index (χ4v) is 3.47. The molecule has 1 unspecified atom stereocenters. The number of nitrogens with zero attached hydrogens (tertiary/aromatic N) is 3. The largest absolute Gasteiger partial charge is 0.383 e. The Morgan fingerprint density at radius 2 is 1.92 bits per heavy atom. The van der Waals surface area contributed by atoms with Crippen LogP contribution in [-0.4, -0.2) is 102 Å². The third-order valence-electron chi connectivity index (χ3n) is 5.06. The molecule has 0 aromatic rings. The van der Waals surface area contributed by atoms with E-state index in [0.717, 1.165) is 84.4 Å². The average Bonchev–Trinajstić information content (AvgIpc) is 2.65. The van der Waals surface area contributed by atoms with Crippen LogP contribution in [0.15, 0.2) is 4.99 Å². The molecule has 2 aliphatic heterocycles. The number of ether oxygens (including phenoxy) is 2. The Labute approximate surface area is 153 Å². The Morgan fingerprint density at radius 1 is 1.20 bits per heavy atom. The van der Waals surface area contributed by atoms with Crippen LogP contribution < -0.4 is 10.6 Å². The third kappa shape index (κ3) is 7.90. The lowest BCUT2D eigenvalue weighted by atomic mass is 10.1. The summed E-state index contributed by atoms with van der Waals surface area (Å²) in [5, 5.41) is 7.09. The molecule has 0 aliphatic carbocycles. The third-order valence-corrected chi connectivity index (χ3v) is 5.06. The summed E-state index contributed by atoms with van der Waals surface area (Å²) >= 11 is 0. The van der Waals surface area contributed by atoms with E-state index >= 15 is 0 Å². The van der Waals surface area contributed by atoms with Crippen molar-refractivity contribution in [2.24, 2.45) is 10.9 Å². The second-order valence-electron chi connectivity index (χ2n) is 7.22. The molecule has 2 saturated heterocycles. The normalized spacial score (nSPS) is 22.8. The van der Waals surface area contributed by atoms with E-state index in [2.05, 4.69) is 32.3 Å². The van der Waals surface area contributed by atoms with Gasteiger partial charge in [-0.3, -0.25) is 9.89 Å². The van der Waals surface area contributed by atoms with Crippen molar-refractivity contribution >= 4 is 5.96 Å².